The van der Waals surface area contributed by atoms with E-state index in [9.17, 15) is 4.79 Å². The summed E-state index contributed by atoms with van der Waals surface area (Å²) in [6, 6.07) is 4.32. The summed E-state index contributed by atoms with van der Waals surface area (Å²) in [6.07, 6.45) is 10.4. The first-order chi connectivity index (χ1) is 13.1. The fourth-order valence-corrected chi connectivity index (χ4v) is 4.15. The van der Waals surface area contributed by atoms with Crippen molar-refractivity contribution >= 4 is 6.03 Å². The van der Waals surface area contributed by atoms with Gasteiger partial charge in [-0.05, 0) is 44.0 Å². The molecule has 2 amide bonds. The quantitative estimate of drug-likeness (QED) is 0.812. The molecule has 1 N–H and O–H groups in total. The molecule has 3 rings (SSSR count). The summed E-state index contributed by atoms with van der Waals surface area (Å²) in [7, 11) is 3.86. The molecule has 3 heterocycles. The molecule has 148 valence electrons. The van der Waals surface area contributed by atoms with Crippen LogP contribution in [0.4, 0.5) is 4.79 Å². The van der Waals surface area contributed by atoms with Crippen LogP contribution in [0.1, 0.15) is 31.4 Å². The van der Waals surface area contributed by atoms with Gasteiger partial charge in [0.25, 0.3) is 0 Å². The smallest absolute Gasteiger partial charge is 0.317 e. The third-order valence-electron chi connectivity index (χ3n) is 5.50. The van der Waals surface area contributed by atoms with E-state index >= 15 is 0 Å². The van der Waals surface area contributed by atoms with Crippen molar-refractivity contribution in [3.8, 4) is 0 Å². The van der Waals surface area contributed by atoms with Gasteiger partial charge in [-0.25, -0.2) is 4.79 Å². The highest BCUT2D eigenvalue weighted by atomic mass is 16.2. The Bertz CT molecular complexity index is 710. The van der Waals surface area contributed by atoms with Crippen molar-refractivity contribution in [1.82, 2.24) is 29.5 Å². The molecule has 0 aromatic carbocycles. The molecule has 1 saturated heterocycles. The minimum absolute atomic E-state index is 0.000662. The molecule has 27 heavy (non-hydrogen) atoms. The van der Waals surface area contributed by atoms with Crippen LogP contribution in [0, 0.1) is 5.92 Å². The van der Waals surface area contributed by atoms with Crippen LogP contribution in [0.3, 0.4) is 0 Å². The molecule has 0 radical (unpaired) electrons. The van der Waals surface area contributed by atoms with Gasteiger partial charge in [0.2, 0.25) is 0 Å². The number of hydrogen-bond acceptors (Lipinski definition) is 3. The summed E-state index contributed by atoms with van der Waals surface area (Å²) in [5.41, 5.74) is 1.26. The van der Waals surface area contributed by atoms with Crippen LogP contribution in [-0.4, -0.2) is 63.4 Å². The van der Waals surface area contributed by atoms with Crippen LogP contribution in [0.5, 0.6) is 0 Å². The predicted molar refractivity (Wildman–Crippen MR) is 106 cm³/mol. The minimum Gasteiger partial charge on any atom is -0.353 e. The van der Waals surface area contributed by atoms with Crippen molar-refractivity contribution in [2.45, 2.75) is 32.4 Å². The summed E-state index contributed by atoms with van der Waals surface area (Å²) in [5.74, 6) is 0.420. The summed E-state index contributed by atoms with van der Waals surface area (Å²) >= 11 is 0. The van der Waals surface area contributed by atoms with Gasteiger partial charge in [-0.1, -0.05) is 6.92 Å². The van der Waals surface area contributed by atoms with Gasteiger partial charge in [0.15, 0.2) is 0 Å². The van der Waals surface area contributed by atoms with E-state index in [2.05, 4.69) is 33.0 Å². The zero-order chi connectivity index (χ0) is 19.2. The molecule has 0 saturated carbocycles. The minimum atomic E-state index is 0.000662. The van der Waals surface area contributed by atoms with Gasteiger partial charge in [-0.3, -0.25) is 9.58 Å². The predicted octanol–water partition coefficient (Wildman–Crippen LogP) is 2.34. The number of aryl methyl sites for hydroxylation is 1. The molecule has 0 unspecified atom stereocenters. The molecule has 0 spiro atoms. The van der Waals surface area contributed by atoms with Crippen LogP contribution >= 0.6 is 0 Å². The lowest BCUT2D eigenvalue weighted by Crippen LogP contribution is -2.46. The number of rotatable bonds is 7. The Kier molecular flexibility index (Phi) is 6.55. The van der Waals surface area contributed by atoms with Crippen molar-refractivity contribution in [2.75, 3.05) is 33.2 Å². The Hall–Kier alpha value is -2.28. The molecule has 2 aromatic rings. The topological polar surface area (TPSA) is 58.3 Å². The van der Waals surface area contributed by atoms with Crippen molar-refractivity contribution < 1.29 is 4.79 Å². The SMILES string of the molecule is CCN1CCC[C@@H](CN(C)C(=O)NCCn2cccc2)[C@@H]1c1cnn(C)c1. The molecule has 7 nitrogen and oxygen atoms in total. The maximum atomic E-state index is 12.5. The monoisotopic (exact) mass is 372 g/mol. The Morgan fingerprint density at radius 3 is 2.81 bits per heavy atom. The normalized spacial score (nSPS) is 20.6. The third kappa shape index (κ3) is 4.91. The lowest BCUT2D eigenvalue weighted by Gasteiger charge is -2.42. The van der Waals surface area contributed by atoms with E-state index in [0.29, 0.717) is 18.5 Å². The molecular formula is C20H32N6O. The average molecular weight is 373 g/mol. The Labute approximate surface area is 161 Å². The van der Waals surface area contributed by atoms with E-state index in [4.69, 9.17) is 0 Å². The molecule has 0 bridgehead atoms. The number of carbonyl (C=O) groups is 1. The second kappa shape index (κ2) is 9.08. The number of aromatic nitrogens is 3. The highest BCUT2D eigenvalue weighted by Gasteiger charge is 2.33. The summed E-state index contributed by atoms with van der Waals surface area (Å²) in [5, 5.41) is 7.40. The number of nitrogens with one attached hydrogen (secondary N) is 1. The summed E-state index contributed by atoms with van der Waals surface area (Å²) in [4.78, 5) is 16.9. The van der Waals surface area contributed by atoms with E-state index in [1.165, 1.54) is 12.0 Å². The highest BCUT2D eigenvalue weighted by Crippen LogP contribution is 2.36. The van der Waals surface area contributed by atoms with E-state index in [-0.39, 0.29) is 6.03 Å². The second-order valence-corrected chi connectivity index (χ2v) is 7.46. The molecule has 7 heteroatoms. The molecular weight excluding hydrogens is 340 g/mol. The molecule has 1 fully saturated rings. The van der Waals surface area contributed by atoms with Crippen molar-refractivity contribution in [2.24, 2.45) is 13.0 Å². The van der Waals surface area contributed by atoms with Gasteiger partial charge >= 0.3 is 6.03 Å². The lowest BCUT2D eigenvalue weighted by atomic mass is 9.85. The van der Waals surface area contributed by atoms with Crippen molar-refractivity contribution in [3.05, 3.63) is 42.5 Å². The van der Waals surface area contributed by atoms with Gasteiger partial charge < -0.3 is 14.8 Å². The maximum absolute atomic E-state index is 12.5. The van der Waals surface area contributed by atoms with Crippen LogP contribution < -0.4 is 5.32 Å². The Morgan fingerprint density at radius 2 is 2.15 bits per heavy atom. The first-order valence-corrected chi connectivity index (χ1v) is 9.90. The maximum Gasteiger partial charge on any atom is 0.317 e. The molecule has 2 atom stereocenters. The number of carbonyl (C=O) groups excluding carboxylic acids is 1. The van der Waals surface area contributed by atoms with Gasteiger partial charge in [0.1, 0.15) is 0 Å². The molecule has 1 aliphatic rings. The summed E-state index contributed by atoms with van der Waals surface area (Å²) < 4.78 is 3.94. The van der Waals surface area contributed by atoms with E-state index in [1.807, 2.05) is 54.4 Å². The van der Waals surface area contributed by atoms with Crippen molar-refractivity contribution in [3.63, 3.8) is 0 Å². The summed E-state index contributed by atoms with van der Waals surface area (Å²) in [6.45, 7) is 6.52. The van der Waals surface area contributed by atoms with Gasteiger partial charge in [-0.2, -0.15) is 5.10 Å². The molecule has 1 aliphatic heterocycles. The van der Waals surface area contributed by atoms with Crippen LogP contribution in [0.15, 0.2) is 36.9 Å². The number of piperidine rings is 1. The largest absolute Gasteiger partial charge is 0.353 e. The number of hydrogen-bond donors (Lipinski definition) is 1. The van der Waals surface area contributed by atoms with Crippen LogP contribution in [-0.2, 0) is 13.6 Å². The zero-order valence-electron chi connectivity index (χ0n) is 16.7. The fraction of sp³-hybridized carbons (Fsp3) is 0.600. The number of likely N-dealkylation sites (tertiary alicyclic amines) is 1. The molecule has 2 aromatic heterocycles. The standard InChI is InChI=1S/C20H32N6O/c1-4-26-12-7-8-17(19(26)18-14-22-24(3)16-18)15-23(2)20(27)21-9-13-25-10-5-6-11-25/h5-6,10-11,14,16-17,19H,4,7-9,12-13,15H2,1-3H3,(H,21,27)/t17-,19+/m0/s1. The van der Waals surface area contributed by atoms with E-state index in [0.717, 1.165) is 32.6 Å². The zero-order valence-corrected chi connectivity index (χ0v) is 16.7. The number of urea groups is 1. The van der Waals surface area contributed by atoms with Crippen LogP contribution in [0.25, 0.3) is 0 Å². The number of nitrogens with zero attached hydrogens (tertiary/aromatic N) is 5. The Balaban J connectivity index is 1.58. The number of amides is 2. The fourth-order valence-electron chi connectivity index (χ4n) is 4.15. The Morgan fingerprint density at radius 1 is 1.37 bits per heavy atom. The first kappa shape index (κ1) is 19.5. The van der Waals surface area contributed by atoms with Gasteiger partial charge in [0, 0.05) is 63.9 Å². The lowest BCUT2D eigenvalue weighted by molar-refractivity contribution is 0.0814. The van der Waals surface area contributed by atoms with Gasteiger partial charge in [-0.15, -0.1) is 0 Å². The second-order valence-electron chi connectivity index (χ2n) is 7.46. The van der Waals surface area contributed by atoms with Crippen LogP contribution in [0.2, 0.25) is 0 Å². The van der Waals surface area contributed by atoms with E-state index in [1.54, 1.807) is 0 Å². The average Bonchev–Trinajstić information content (AvgIpc) is 3.33. The molecule has 0 aliphatic carbocycles. The van der Waals surface area contributed by atoms with Crippen molar-refractivity contribution in [1.29, 1.82) is 0 Å². The highest BCUT2D eigenvalue weighted by molar-refractivity contribution is 5.73. The van der Waals surface area contributed by atoms with E-state index < -0.39 is 0 Å². The first-order valence-electron chi connectivity index (χ1n) is 9.90. The third-order valence-corrected chi connectivity index (χ3v) is 5.50. The van der Waals surface area contributed by atoms with Gasteiger partial charge in [0.05, 0.1) is 6.20 Å².